The molecule has 7 atom stereocenters. The summed E-state index contributed by atoms with van der Waals surface area (Å²) in [5, 5.41) is 35.2. The summed E-state index contributed by atoms with van der Waals surface area (Å²) in [6.45, 7) is 11.3. The number of amides is 3. The van der Waals surface area contributed by atoms with Crippen LogP contribution in [0.1, 0.15) is 92.4 Å². The first-order chi connectivity index (χ1) is 18.8. The van der Waals surface area contributed by atoms with E-state index in [-0.39, 0.29) is 23.8 Å². The van der Waals surface area contributed by atoms with Crippen LogP contribution in [0, 0.1) is 11.3 Å². The lowest BCUT2D eigenvalue weighted by Gasteiger charge is -2.42. The molecule has 2 rings (SSSR count). The summed E-state index contributed by atoms with van der Waals surface area (Å²) in [7, 11) is 0. The van der Waals surface area contributed by atoms with Crippen molar-refractivity contribution in [3.63, 3.8) is 0 Å². The van der Waals surface area contributed by atoms with Gasteiger partial charge in [0.25, 0.3) is 0 Å². The largest absolute Gasteiger partial charge is 0.394 e. The summed E-state index contributed by atoms with van der Waals surface area (Å²) in [5.41, 5.74) is 0.205. The van der Waals surface area contributed by atoms with Gasteiger partial charge in [0.1, 0.15) is 24.4 Å². The smallest absolute Gasteiger partial charge is 0.222 e. The van der Waals surface area contributed by atoms with Crippen LogP contribution in [0.2, 0.25) is 0 Å². The molecule has 2 heterocycles. The molecule has 2 saturated heterocycles. The minimum atomic E-state index is -1.36. The minimum absolute atomic E-state index is 0.0453. The number of carbonyl (C=O) groups is 3. The molecule has 0 spiro atoms. The van der Waals surface area contributed by atoms with Gasteiger partial charge < -0.3 is 40.3 Å². The fourth-order valence-corrected chi connectivity index (χ4v) is 5.59. The molecule has 0 radical (unpaired) electrons. The molecule has 232 valence electrons. The lowest BCUT2D eigenvalue weighted by Crippen LogP contribution is -2.64. The highest BCUT2D eigenvalue weighted by molar-refractivity contribution is 5.77. The van der Waals surface area contributed by atoms with Crippen LogP contribution in [0.5, 0.6) is 0 Å². The van der Waals surface area contributed by atoms with Crippen molar-refractivity contribution in [3.05, 3.63) is 0 Å². The van der Waals surface area contributed by atoms with Crippen molar-refractivity contribution in [2.24, 2.45) is 11.3 Å². The lowest BCUT2D eigenvalue weighted by molar-refractivity contribution is -0.270. The molecule has 0 bridgehead atoms. The zero-order valence-electron chi connectivity index (χ0n) is 25.1. The summed E-state index contributed by atoms with van der Waals surface area (Å²) in [6, 6.07) is -0.629. The first-order valence-corrected chi connectivity index (χ1v) is 14.9. The average molecular weight is 572 g/mol. The van der Waals surface area contributed by atoms with Gasteiger partial charge in [-0.2, -0.15) is 0 Å². The Morgan fingerprint density at radius 3 is 2.38 bits per heavy atom. The Morgan fingerprint density at radius 1 is 1.02 bits per heavy atom. The van der Waals surface area contributed by atoms with Gasteiger partial charge in [-0.05, 0) is 49.9 Å². The summed E-state index contributed by atoms with van der Waals surface area (Å²) >= 11 is 0. The van der Waals surface area contributed by atoms with E-state index in [1.54, 1.807) is 0 Å². The second-order valence-electron chi connectivity index (χ2n) is 12.7. The number of rotatable bonds is 15. The third kappa shape index (κ3) is 11.6. The van der Waals surface area contributed by atoms with E-state index in [4.69, 9.17) is 9.47 Å². The lowest BCUT2D eigenvalue weighted by atomic mass is 9.86. The summed E-state index contributed by atoms with van der Waals surface area (Å²) in [6.07, 6.45) is 1.93. The highest BCUT2D eigenvalue weighted by atomic mass is 16.7. The van der Waals surface area contributed by atoms with Crippen LogP contribution in [-0.4, -0.2) is 101 Å². The van der Waals surface area contributed by atoms with Crippen molar-refractivity contribution in [3.8, 4) is 0 Å². The number of hydrogen-bond donors (Lipinski definition) is 5. The van der Waals surface area contributed by atoms with E-state index in [1.807, 2.05) is 0 Å². The van der Waals surface area contributed by atoms with E-state index in [2.05, 4.69) is 43.2 Å². The highest BCUT2D eigenvalue weighted by Crippen LogP contribution is 2.33. The van der Waals surface area contributed by atoms with E-state index in [0.717, 1.165) is 38.6 Å². The van der Waals surface area contributed by atoms with Crippen LogP contribution < -0.4 is 10.6 Å². The summed E-state index contributed by atoms with van der Waals surface area (Å²) < 4.78 is 11.2. The second kappa shape index (κ2) is 16.6. The van der Waals surface area contributed by atoms with Crippen LogP contribution >= 0.6 is 0 Å². The number of nitrogens with zero attached hydrogens (tertiary/aromatic N) is 1. The van der Waals surface area contributed by atoms with E-state index in [9.17, 15) is 29.7 Å². The molecule has 3 amide bonds. The fraction of sp³-hybridized carbons (Fsp3) is 0.897. The SMILES string of the molecule is CC(=O)NC1C(O)[C@@H](O)C(CO)O[C@H]1OCCCCC(=O)NCCCCCC(=O)N1C[C@H](C)C[C@H]1CC(C)(C)C. The van der Waals surface area contributed by atoms with Crippen LogP contribution in [0.25, 0.3) is 0 Å². The van der Waals surface area contributed by atoms with Gasteiger partial charge in [0.2, 0.25) is 17.7 Å². The van der Waals surface area contributed by atoms with Crippen molar-refractivity contribution < 1.29 is 39.2 Å². The maximum atomic E-state index is 12.8. The molecule has 40 heavy (non-hydrogen) atoms. The average Bonchev–Trinajstić information content (AvgIpc) is 3.22. The van der Waals surface area contributed by atoms with Gasteiger partial charge >= 0.3 is 0 Å². The molecule has 3 unspecified atom stereocenters. The Labute approximate surface area is 239 Å². The molecule has 0 aliphatic carbocycles. The van der Waals surface area contributed by atoms with Crippen LogP contribution in [0.4, 0.5) is 0 Å². The Hall–Kier alpha value is -1.79. The highest BCUT2D eigenvalue weighted by Gasteiger charge is 2.45. The molecule has 2 aliphatic heterocycles. The van der Waals surface area contributed by atoms with Crippen LogP contribution in [0.15, 0.2) is 0 Å². The van der Waals surface area contributed by atoms with Crippen LogP contribution in [0.3, 0.4) is 0 Å². The van der Waals surface area contributed by atoms with Crippen LogP contribution in [-0.2, 0) is 23.9 Å². The molecule has 5 N–H and O–H groups in total. The Kier molecular flexibility index (Phi) is 14.3. The third-order valence-electron chi connectivity index (χ3n) is 7.51. The van der Waals surface area contributed by atoms with E-state index >= 15 is 0 Å². The standard InChI is InChI=1S/C29H53N3O8/c1-19-15-21(16-29(3,4)5)32(17-19)24(36)12-7-6-9-13-30-23(35)11-8-10-14-39-28-25(31-20(2)34)27(38)26(37)22(18-33)40-28/h19,21-22,25-28,33,37-38H,6-18H2,1-5H3,(H,30,35)(H,31,34)/t19-,21+,22?,25?,26+,27?,28-/m1/s1. The van der Waals surface area contributed by atoms with Gasteiger partial charge in [-0.3, -0.25) is 14.4 Å². The topological polar surface area (TPSA) is 158 Å². The first kappa shape index (κ1) is 34.4. The Balaban J connectivity index is 1.57. The Morgan fingerprint density at radius 2 is 1.73 bits per heavy atom. The molecule has 2 aliphatic rings. The molecule has 0 saturated carbocycles. The molecule has 2 fully saturated rings. The zero-order chi connectivity index (χ0) is 29.9. The van der Waals surface area contributed by atoms with Crippen molar-refractivity contribution in [1.82, 2.24) is 15.5 Å². The monoisotopic (exact) mass is 571 g/mol. The maximum absolute atomic E-state index is 12.8. The van der Waals surface area contributed by atoms with Crippen molar-refractivity contribution in [1.29, 1.82) is 0 Å². The quantitative estimate of drug-likeness (QED) is 0.185. The second-order valence-corrected chi connectivity index (χ2v) is 12.7. The Bertz CT molecular complexity index is 805. The summed E-state index contributed by atoms with van der Waals surface area (Å²) in [5.74, 6) is 0.352. The molecule has 0 aromatic heterocycles. The molecule has 0 aromatic rings. The minimum Gasteiger partial charge on any atom is -0.394 e. The van der Waals surface area contributed by atoms with Crippen molar-refractivity contribution in [2.45, 2.75) is 129 Å². The first-order valence-electron chi connectivity index (χ1n) is 14.9. The van der Waals surface area contributed by atoms with Crippen molar-refractivity contribution in [2.75, 3.05) is 26.3 Å². The molecule has 0 aromatic carbocycles. The van der Waals surface area contributed by atoms with Gasteiger partial charge in [0, 0.05) is 45.5 Å². The number of unbranched alkanes of at least 4 members (excludes halogenated alkanes) is 3. The maximum Gasteiger partial charge on any atom is 0.222 e. The number of nitrogens with one attached hydrogen (secondary N) is 2. The third-order valence-corrected chi connectivity index (χ3v) is 7.51. The van der Waals surface area contributed by atoms with Gasteiger partial charge in [0.05, 0.1) is 6.61 Å². The zero-order valence-corrected chi connectivity index (χ0v) is 25.1. The van der Waals surface area contributed by atoms with Crippen molar-refractivity contribution >= 4 is 17.7 Å². The van der Waals surface area contributed by atoms with Gasteiger partial charge in [-0.1, -0.05) is 34.1 Å². The van der Waals surface area contributed by atoms with E-state index < -0.39 is 43.2 Å². The number of aliphatic hydroxyl groups excluding tert-OH is 3. The predicted octanol–water partition coefficient (Wildman–Crippen LogP) is 1.47. The van der Waals surface area contributed by atoms with E-state index in [1.165, 1.54) is 6.92 Å². The van der Waals surface area contributed by atoms with Gasteiger partial charge in [-0.25, -0.2) is 0 Å². The number of carbonyl (C=O) groups excluding carboxylic acids is 3. The summed E-state index contributed by atoms with van der Waals surface area (Å²) in [4.78, 5) is 38.6. The van der Waals surface area contributed by atoms with Gasteiger partial charge in [0.15, 0.2) is 6.29 Å². The number of hydrogen-bond acceptors (Lipinski definition) is 8. The van der Waals surface area contributed by atoms with E-state index in [0.29, 0.717) is 44.2 Å². The normalized spacial score (nSPS) is 28.9. The van der Waals surface area contributed by atoms with Gasteiger partial charge in [-0.15, -0.1) is 0 Å². The molecule has 11 nitrogen and oxygen atoms in total. The number of ether oxygens (including phenoxy) is 2. The molecular weight excluding hydrogens is 518 g/mol. The number of aliphatic hydroxyl groups is 3. The fourth-order valence-electron chi connectivity index (χ4n) is 5.59. The molecule has 11 heteroatoms. The molecular formula is C29H53N3O8. The number of likely N-dealkylation sites (tertiary alicyclic amines) is 1. The predicted molar refractivity (Wildman–Crippen MR) is 150 cm³/mol.